The minimum absolute atomic E-state index is 0.189. The lowest BCUT2D eigenvalue weighted by molar-refractivity contribution is 0.0735. The Kier molecular flexibility index (Phi) is 5.15. The molecule has 3 aromatic rings. The number of hydrogen-bond donors (Lipinski definition) is 1. The summed E-state index contributed by atoms with van der Waals surface area (Å²) in [6, 6.07) is 10.1. The van der Waals surface area contributed by atoms with Gasteiger partial charge in [-0.05, 0) is 42.6 Å². The molecule has 1 aliphatic rings. The second-order valence-corrected chi connectivity index (χ2v) is 7.63. The van der Waals surface area contributed by atoms with Gasteiger partial charge in [0.2, 0.25) is 0 Å². The second-order valence-electron chi connectivity index (χ2n) is 6.68. The van der Waals surface area contributed by atoms with Crippen LogP contribution in [0.15, 0.2) is 46.3 Å². The minimum atomic E-state index is -0.930. The number of aliphatic hydroxyl groups excluding tert-OH is 1. The summed E-state index contributed by atoms with van der Waals surface area (Å²) in [6.45, 7) is 3.87. The molecule has 28 heavy (non-hydrogen) atoms. The third-order valence-electron chi connectivity index (χ3n) is 4.83. The third-order valence-corrected chi connectivity index (χ3v) is 5.70. The van der Waals surface area contributed by atoms with Gasteiger partial charge in [0, 0.05) is 31.9 Å². The highest BCUT2D eigenvalue weighted by Crippen LogP contribution is 2.33. The molecular formula is C20H20FN3O3S. The molecule has 1 atom stereocenters. The lowest BCUT2D eigenvalue weighted by Gasteiger charge is -2.36. The Morgan fingerprint density at radius 2 is 1.93 bits per heavy atom. The van der Waals surface area contributed by atoms with Crippen molar-refractivity contribution in [2.45, 2.75) is 13.0 Å². The number of anilines is 1. The van der Waals surface area contributed by atoms with E-state index in [0.717, 1.165) is 10.6 Å². The molecule has 3 heterocycles. The largest absolute Gasteiger partial charge is 0.385 e. The van der Waals surface area contributed by atoms with E-state index in [2.05, 4.69) is 10.1 Å². The van der Waals surface area contributed by atoms with E-state index in [4.69, 9.17) is 4.52 Å². The lowest BCUT2D eigenvalue weighted by atomic mass is 10.1. The van der Waals surface area contributed by atoms with E-state index in [0.29, 0.717) is 37.4 Å². The number of hydrogen-bond acceptors (Lipinski definition) is 6. The summed E-state index contributed by atoms with van der Waals surface area (Å²) in [7, 11) is 0. The van der Waals surface area contributed by atoms with Crippen LogP contribution in [0, 0.1) is 5.82 Å². The summed E-state index contributed by atoms with van der Waals surface area (Å²) in [4.78, 5) is 17.9. The van der Waals surface area contributed by atoms with Crippen molar-refractivity contribution in [3.63, 3.8) is 0 Å². The predicted octanol–water partition coefficient (Wildman–Crippen LogP) is 3.56. The maximum atomic E-state index is 13.2. The first-order valence-electron chi connectivity index (χ1n) is 9.06. The molecule has 1 N–H and O–H groups in total. The van der Waals surface area contributed by atoms with Gasteiger partial charge in [0.05, 0.1) is 4.88 Å². The van der Waals surface area contributed by atoms with Crippen molar-refractivity contribution in [2.75, 3.05) is 31.1 Å². The fourth-order valence-corrected chi connectivity index (χ4v) is 4.07. The van der Waals surface area contributed by atoms with Crippen molar-refractivity contribution >= 4 is 22.9 Å². The molecule has 1 saturated heterocycles. The highest BCUT2D eigenvalue weighted by atomic mass is 32.1. The number of carbonyl (C=O) groups is 1. The molecule has 8 heteroatoms. The summed E-state index contributed by atoms with van der Waals surface area (Å²) < 4.78 is 18.4. The molecule has 1 amide bonds. The summed E-state index contributed by atoms with van der Waals surface area (Å²) in [5.41, 5.74) is 1.73. The standard InChI is InChI=1S/C20H20FN3O3S/c1-13(25)19-17(18(22-27-19)16-3-2-12-28-16)20(26)24-10-8-23(9-11-24)15-6-4-14(21)5-7-15/h2-7,12-13,25H,8-11H2,1H3/t13-/m0/s1. The summed E-state index contributed by atoms with van der Waals surface area (Å²) in [5.74, 6) is -0.273. The van der Waals surface area contributed by atoms with Gasteiger partial charge in [-0.1, -0.05) is 11.2 Å². The molecule has 1 aliphatic heterocycles. The van der Waals surface area contributed by atoms with Gasteiger partial charge < -0.3 is 19.4 Å². The van der Waals surface area contributed by atoms with Crippen molar-refractivity contribution < 1.29 is 18.8 Å². The van der Waals surface area contributed by atoms with Gasteiger partial charge >= 0.3 is 0 Å². The van der Waals surface area contributed by atoms with E-state index in [9.17, 15) is 14.3 Å². The Morgan fingerprint density at radius 1 is 1.21 bits per heavy atom. The fraction of sp³-hybridized carbons (Fsp3) is 0.300. The maximum Gasteiger partial charge on any atom is 0.260 e. The first kappa shape index (κ1) is 18.6. The number of amides is 1. The summed E-state index contributed by atoms with van der Waals surface area (Å²) in [5, 5.41) is 16.0. The number of aromatic nitrogens is 1. The van der Waals surface area contributed by atoms with Crippen molar-refractivity contribution in [3.8, 4) is 10.6 Å². The summed E-state index contributed by atoms with van der Waals surface area (Å²) >= 11 is 1.46. The van der Waals surface area contributed by atoms with Crippen molar-refractivity contribution in [1.82, 2.24) is 10.1 Å². The van der Waals surface area contributed by atoms with E-state index in [1.165, 1.54) is 23.5 Å². The number of piperazine rings is 1. The Labute approximate surface area is 165 Å². The van der Waals surface area contributed by atoms with Crippen LogP contribution in [-0.4, -0.2) is 47.2 Å². The molecule has 4 rings (SSSR count). The average molecular weight is 401 g/mol. The molecule has 0 radical (unpaired) electrons. The van der Waals surface area contributed by atoms with Crippen LogP contribution < -0.4 is 4.90 Å². The number of carbonyl (C=O) groups excluding carboxylic acids is 1. The van der Waals surface area contributed by atoms with Gasteiger partial charge in [-0.15, -0.1) is 11.3 Å². The zero-order valence-electron chi connectivity index (χ0n) is 15.3. The number of benzene rings is 1. The number of aliphatic hydroxyl groups is 1. The smallest absolute Gasteiger partial charge is 0.260 e. The van der Waals surface area contributed by atoms with Crippen molar-refractivity contribution in [1.29, 1.82) is 0 Å². The third kappa shape index (κ3) is 3.53. The Hall–Kier alpha value is -2.71. The van der Waals surface area contributed by atoms with E-state index >= 15 is 0 Å². The Morgan fingerprint density at radius 3 is 2.54 bits per heavy atom. The van der Waals surface area contributed by atoms with E-state index in [1.54, 1.807) is 24.0 Å². The normalized spacial score (nSPS) is 15.7. The molecular weight excluding hydrogens is 381 g/mol. The van der Waals surface area contributed by atoms with E-state index in [1.807, 2.05) is 17.5 Å². The first-order valence-corrected chi connectivity index (χ1v) is 9.94. The highest BCUT2D eigenvalue weighted by molar-refractivity contribution is 7.13. The number of thiophene rings is 1. The van der Waals surface area contributed by atoms with Crippen LogP contribution >= 0.6 is 11.3 Å². The molecule has 0 unspecified atom stereocenters. The minimum Gasteiger partial charge on any atom is -0.385 e. The molecule has 0 bridgehead atoms. The molecule has 0 aliphatic carbocycles. The molecule has 0 saturated carbocycles. The Balaban J connectivity index is 1.54. The second kappa shape index (κ2) is 7.73. The van der Waals surface area contributed by atoms with Crippen LogP contribution in [-0.2, 0) is 0 Å². The van der Waals surface area contributed by atoms with Crippen molar-refractivity contribution in [3.05, 3.63) is 58.9 Å². The molecule has 1 aromatic carbocycles. The van der Waals surface area contributed by atoms with Gasteiger partial charge in [0.25, 0.3) is 5.91 Å². The summed E-state index contributed by atoms with van der Waals surface area (Å²) in [6.07, 6.45) is -0.930. The molecule has 6 nitrogen and oxygen atoms in total. The molecule has 1 fully saturated rings. The van der Waals surface area contributed by atoms with Gasteiger partial charge in [-0.2, -0.15) is 0 Å². The first-order chi connectivity index (χ1) is 13.5. The fourth-order valence-electron chi connectivity index (χ4n) is 3.35. The topological polar surface area (TPSA) is 69.8 Å². The van der Waals surface area contributed by atoms with Crippen molar-refractivity contribution in [2.24, 2.45) is 0 Å². The van der Waals surface area contributed by atoms with E-state index in [-0.39, 0.29) is 17.5 Å². The molecule has 146 valence electrons. The number of rotatable bonds is 4. The molecule has 2 aromatic heterocycles. The monoisotopic (exact) mass is 401 g/mol. The SMILES string of the molecule is C[C@H](O)c1onc(-c2cccs2)c1C(=O)N1CCN(c2ccc(F)cc2)CC1. The number of halogens is 1. The Bertz CT molecular complexity index is 946. The average Bonchev–Trinajstić information content (AvgIpc) is 3.37. The van der Waals surface area contributed by atoms with E-state index < -0.39 is 6.10 Å². The zero-order chi connectivity index (χ0) is 19.7. The van der Waals surface area contributed by atoms with Crippen LogP contribution in [0.2, 0.25) is 0 Å². The predicted molar refractivity (Wildman–Crippen MR) is 105 cm³/mol. The van der Waals surface area contributed by atoms with Gasteiger partial charge in [0.15, 0.2) is 5.76 Å². The van der Waals surface area contributed by atoms with Gasteiger partial charge in [-0.3, -0.25) is 4.79 Å². The van der Waals surface area contributed by atoms with Crippen LogP contribution in [0.4, 0.5) is 10.1 Å². The van der Waals surface area contributed by atoms with Crippen LogP contribution in [0.5, 0.6) is 0 Å². The van der Waals surface area contributed by atoms with Crippen LogP contribution in [0.25, 0.3) is 10.6 Å². The lowest BCUT2D eigenvalue weighted by Crippen LogP contribution is -2.49. The number of nitrogens with zero attached hydrogens (tertiary/aromatic N) is 3. The zero-order valence-corrected chi connectivity index (χ0v) is 16.2. The van der Waals surface area contributed by atoms with Gasteiger partial charge in [0.1, 0.15) is 23.2 Å². The quantitative estimate of drug-likeness (QED) is 0.724. The molecule has 0 spiro atoms. The highest BCUT2D eigenvalue weighted by Gasteiger charge is 2.31. The maximum absolute atomic E-state index is 13.2. The van der Waals surface area contributed by atoms with Crippen LogP contribution in [0.1, 0.15) is 29.1 Å². The van der Waals surface area contributed by atoms with Gasteiger partial charge in [-0.25, -0.2) is 4.39 Å². The van der Waals surface area contributed by atoms with Crippen LogP contribution in [0.3, 0.4) is 0 Å².